The second-order valence-corrected chi connectivity index (χ2v) is 7.30. The second-order valence-electron chi connectivity index (χ2n) is 7.30. The zero-order valence-corrected chi connectivity index (χ0v) is 21.1. The van der Waals surface area contributed by atoms with E-state index in [9.17, 15) is 10.1 Å². The van der Waals surface area contributed by atoms with Crippen molar-refractivity contribution < 1.29 is 27.3 Å². The molecule has 4 aromatic rings. The maximum Gasteiger partial charge on any atom is 0.292 e. The van der Waals surface area contributed by atoms with Crippen LogP contribution in [-0.2, 0) is 28.8 Å². The van der Waals surface area contributed by atoms with E-state index in [1.807, 2.05) is 18.3 Å². The van der Waals surface area contributed by atoms with Crippen LogP contribution in [0.5, 0.6) is 0 Å². The normalized spacial score (nSPS) is 10.4. The Morgan fingerprint density at radius 1 is 0.938 bits per heavy atom. The summed E-state index contributed by atoms with van der Waals surface area (Å²) in [5.41, 5.74) is 15.3. The minimum absolute atomic E-state index is 0. The number of imidazole rings is 1. The van der Waals surface area contributed by atoms with Gasteiger partial charge in [-0.05, 0) is 65.6 Å². The Hall–Kier alpha value is -2.97. The van der Waals surface area contributed by atoms with Gasteiger partial charge in [-0.15, -0.1) is 0 Å². The van der Waals surface area contributed by atoms with E-state index in [1.165, 1.54) is 6.07 Å². The molecule has 0 bridgehead atoms. The summed E-state index contributed by atoms with van der Waals surface area (Å²) in [5.74, 6) is 0.977. The number of unbranched alkanes of at least 4 members (excludes halogenated alkanes) is 1. The number of nitrogens with zero attached hydrogens (tertiary/aromatic N) is 2. The van der Waals surface area contributed by atoms with E-state index in [-0.39, 0.29) is 41.2 Å². The summed E-state index contributed by atoms with van der Waals surface area (Å²) < 4.78 is 0. The third-order valence-electron chi connectivity index (χ3n) is 5.20. The molecule has 5 N–H and O–H groups in total. The number of nitrogens with two attached hydrogens (primary N) is 2. The molecule has 1 aromatic heterocycles. The van der Waals surface area contributed by atoms with E-state index in [4.69, 9.17) is 11.5 Å². The van der Waals surface area contributed by atoms with E-state index in [1.54, 1.807) is 12.1 Å². The summed E-state index contributed by atoms with van der Waals surface area (Å²) in [6, 6.07) is 17.2. The molecule has 0 spiro atoms. The van der Waals surface area contributed by atoms with E-state index >= 15 is 0 Å². The molecule has 0 aliphatic heterocycles. The number of hydrogen-bond acceptors (Lipinski definition) is 5. The van der Waals surface area contributed by atoms with Gasteiger partial charge in [0.05, 0.1) is 16.8 Å². The molecule has 165 valence electrons. The zero-order chi connectivity index (χ0) is 21.1. The van der Waals surface area contributed by atoms with Crippen LogP contribution < -0.4 is 11.5 Å². The summed E-state index contributed by atoms with van der Waals surface area (Å²) in [5, 5.41) is 13.2. The summed E-state index contributed by atoms with van der Waals surface area (Å²) in [7, 11) is 0. The first-order valence-electron chi connectivity index (χ1n) is 9.87. The number of H-pyrrole nitrogens is 1. The topological polar surface area (TPSA) is 124 Å². The van der Waals surface area contributed by atoms with Crippen molar-refractivity contribution in [3.05, 3.63) is 84.2 Å². The maximum atomic E-state index is 11.0. The SMILES string of the molecule is NCCCCc1ncc(-c2ccc3cc(-c4ccc([N+](=O)[O-])c(N)c4)ccc3c2)[nH]1.[CH3-].[Ta]. The molecule has 0 atom stereocenters. The van der Waals surface area contributed by atoms with E-state index in [0.29, 0.717) is 6.54 Å². The van der Waals surface area contributed by atoms with E-state index < -0.39 is 4.92 Å². The van der Waals surface area contributed by atoms with Gasteiger partial charge in [0.15, 0.2) is 0 Å². The van der Waals surface area contributed by atoms with Crippen molar-refractivity contribution in [1.82, 2.24) is 9.97 Å². The van der Waals surface area contributed by atoms with Crippen LogP contribution in [0.2, 0.25) is 0 Å². The molecule has 0 saturated heterocycles. The predicted octanol–water partition coefficient (Wildman–Crippen LogP) is 5.12. The molecule has 1 heterocycles. The Bertz CT molecular complexity index is 1220. The van der Waals surface area contributed by atoms with Gasteiger partial charge in [-0.3, -0.25) is 10.1 Å². The second kappa shape index (κ2) is 11.1. The molecule has 0 fully saturated rings. The number of aromatic nitrogens is 2. The van der Waals surface area contributed by atoms with Gasteiger partial charge in [-0.2, -0.15) is 0 Å². The number of nitro benzene ring substituents is 1. The number of nitrogen functional groups attached to an aromatic ring is 1. The summed E-state index contributed by atoms with van der Waals surface area (Å²) in [4.78, 5) is 18.4. The van der Waals surface area contributed by atoms with Crippen LogP contribution in [0, 0.1) is 17.5 Å². The van der Waals surface area contributed by atoms with Crippen molar-refractivity contribution in [3.8, 4) is 22.4 Å². The molecule has 1 radical (unpaired) electrons. The van der Waals surface area contributed by atoms with Crippen LogP contribution in [-0.4, -0.2) is 21.4 Å². The average molecular weight is 597 g/mol. The third-order valence-corrected chi connectivity index (χ3v) is 5.20. The quantitative estimate of drug-likeness (QED) is 0.0898. The fourth-order valence-electron chi connectivity index (χ4n) is 3.57. The molecule has 0 aliphatic carbocycles. The molecule has 0 unspecified atom stereocenters. The molecule has 0 amide bonds. The van der Waals surface area contributed by atoms with Crippen molar-refractivity contribution in [2.45, 2.75) is 19.3 Å². The van der Waals surface area contributed by atoms with Gasteiger partial charge >= 0.3 is 0 Å². The van der Waals surface area contributed by atoms with Gasteiger partial charge in [-0.1, -0.05) is 24.3 Å². The van der Waals surface area contributed by atoms with Crippen LogP contribution in [0.15, 0.2) is 60.8 Å². The van der Waals surface area contributed by atoms with Crippen LogP contribution in [0.25, 0.3) is 33.2 Å². The molecular weight excluding hydrogens is 571 g/mol. The fourth-order valence-corrected chi connectivity index (χ4v) is 3.57. The number of aryl methyl sites for hydroxylation is 1. The third kappa shape index (κ3) is 5.44. The summed E-state index contributed by atoms with van der Waals surface area (Å²) in [6.07, 6.45) is 4.78. The zero-order valence-electron chi connectivity index (χ0n) is 17.9. The van der Waals surface area contributed by atoms with Gasteiger partial charge in [0.25, 0.3) is 5.69 Å². The van der Waals surface area contributed by atoms with Crippen LogP contribution in [0.1, 0.15) is 18.7 Å². The van der Waals surface area contributed by atoms with Crippen molar-refractivity contribution in [2.24, 2.45) is 5.73 Å². The Morgan fingerprint density at radius 2 is 1.56 bits per heavy atom. The van der Waals surface area contributed by atoms with Gasteiger partial charge in [0.2, 0.25) is 0 Å². The van der Waals surface area contributed by atoms with Crippen LogP contribution in [0.4, 0.5) is 11.4 Å². The predicted molar refractivity (Wildman–Crippen MR) is 126 cm³/mol. The van der Waals surface area contributed by atoms with Crippen molar-refractivity contribution in [3.63, 3.8) is 0 Å². The number of benzene rings is 3. The van der Waals surface area contributed by atoms with Gasteiger partial charge < -0.3 is 23.9 Å². The van der Waals surface area contributed by atoms with Crippen LogP contribution >= 0.6 is 0 Å². The number of fused-ring (bicyclic) bond motifs is 1. The number of aromatic amines is 1. The van der Waals surface area contributed by atoms with Gasteiger partial charge in [-0.25, -0.2) is 4.98 Å². The van der Waals surface area contributed by atoms with Crippen molar-refractivity contribution in [1.29, 1.82) is 0 Å². The molecule has 0 aliphatic rings. The monoisotopic (exact) mass is 597 g/mol. The first-order valence-corrected chi connectivity index (χ1v) is 9.87. The minimum Gasteiger partial charge on any atom is -0.393 e. The molecule has 0 saturated carbocycles. The average Bonchev–Trinajstić information content (AvgIpc) is 3.22. The Kier molecular flexibility index (Phi) is 8.74. The Labute approximate surface area is 202 Å². The van der Waals surface area contributed by atoms with E-state index in [0.717, 1.165) is 58.2 Å². The van der Waals surface area contributed by atoms with Crippen LogP contribution in [0.3, 0.4) is 0 Å². The first kappa shape index (κ1) is 25.3. The Morgan fingerprint density at radius 3 is 2.22 bits per heavy atom. The molecule has 32 heavy (non-hydrogen) atoms. The largest absolute Gasteiger partial charge is 0.393 e. The standard InChI is InChI=1S/C23H23N5O2.CH3.Ta/c24-10-2-1-3-23-26-14-21(27-23)19-7-6-15-11-16(4-5-17(15)12-19)18-8-9-22(28(29)30)20(25)13-18;;/h4-9,11-14H,1-3,10,24-25H2,(H,26,27);1H3;/q;-1;. The number of hydrogen-bond donors (Lipinski definition) is 3. The van der Waals surface area contributed by atoms with Gasteiger partial charge in [0, 0.05) is 40.4 Å². The minimum atomic E-state index is -0.472. The van der Waals surface area contributed by atoms with Gasteiger partial charge in [0.1, 0.15) is 11.5 Å². The molecule has 8 heteroatoms. The molecular formula is C24H26N5O2Ta-. The maximum absolute atomic E-state index is 11.0. The number of rotatable bonds is 7. The summed E-state index contributed by atoms with van der Waals surface area (Å²) in [6.45, 7) is 0.701. The van der Waals surface area contributed by atoms with Crippen molar-refractivity contribution in [2.75, 3.05) is 12.3 Å². The molecule has 3 aromatic carbocycles. The smallest absolute Gasteiger partial charge is 0.292 e. The van der Waals surface area contributed by atoms with E-state index in [2.05, 4.69) is 34.2 Å². The summed E-state index contributed by atoms with van der Waals surface area (Å²) >= 11 is 0. The first-order chi connectivity index (χ1) is 14.5. The molecule has 4 rings (SSSR count). The number of anilines is 1. The molecule has 7 nitrogen and oxygen atoms in total. The van der Waals surface area contributed by atoms with Crippen molar-refractivity contribution >= 4 is 22.1 Å². The Balaban J connectivity index is 0.00000181. The number of nitrogens with one attached hydrogen (secondary N) is 1. The number of nitro groups is 1. The fraction of sp³-hybridized carbons (Fsp3) is 0.167.